The van der Waals surface area contributed by atoms with Gasteiger partial charge in [-0.3, -0.25) is 0 Å². The highest BCUT2D eigenvalue weighted by Crippen LogP contribution is 2.17. The predicted octanol–water partition coefficient (Wildman–Crippen LogP) is 2.77. The fourth-order valence-electron chi connectivity index (χ4n) is 2.52. The molecule has 19 heavy (non-hydrogen) atoms. The summed E-state index contributed by atoms with van der Waals surface area (Å²) in [6.45, 7) is 7.21. The number of hydrogen-bond donors (Lipinski definition) is 0. The van der Waals surface area contributed by atoms with Crippen LogP contribution in [0.1, 0.15) is 33.1 Å². The highest BCUT2D eigenvalue weighted by Gasteiger charge is 2.28. The average Bonchev–Trinajstić information content (AvgIpc) is 2.39. The Kier molecular flexibility index (Phi) is 4.51. The maximum atomic E-state index is 12.1. The van der Waals surface area contributed by atoms with Crippen LogP contribution >= 0.6 is 0 Å². The van der Waals surface area contributed by atoms with Crippen molar-refractivity contribution >= 4 is 6.09 Å². The van der Waals surface area contributed by atoms with E-state index in [1.165, 1.54) is 6.42 Å². The molecule has 2 heterocycles. The van der Waals surface area contributed by atoms with E-state index in [1.807, 2.05) is 37.1 Å². The standard InChI is InChI=1S/C15H24N2O2/c1-15(2,13-16-9-5-3-6-10-16)19-14(18)17-11-7-4-8-12-17/h3,5-6,9H,4,7-8,10-13H2,1-2H3. The van der Waals surface area contributed by atoms with Crippen LogP contribution in [0, 0.1) is 0 Å². The molecule has 4 nitrogen and oxygen atoms in total. The van der Waals surface area contributed by atoms with Gasteiger partial charge in [0.25, 0.3) is 0 Å². The van der Waals surface area contributed by atoms with Crippen molar-refractivity contribution in [2.45, 2.75) is 38.7 Å². The molecular formula is C15H24N2O2. The first kappa shape index (κ1) is 14.0. The van der Waals surface area contributed by atoms with Crippen molar-refractivity contribution in [1.82, 2.24) is 9.80 Å². The van der Waals surface area contributed by atoms with Crippen molar-refractivity contribution in [2.75, 3.05) is 26.2 Å². The van der Waals surface area contributed by atoms with Crippen LogP contribution in [0.2, 0.25) is 0 Å². The molecule has 0 bridgehead atoms. The van der Waals surface area contributed by atoms with Gasteiger partial charge in [0, 0.05) is 19.6 Å². The minimum Gasteiger partial charge on any atom is -0.442 e. The Morgan fingerprint density at radius 1 is 1.21 bits per heavy atom. The highest BCUT2D eigenvalue weighted by molar-refractivity contribution is 5.68. The van der Waals surface area contributed by atoms with Crippen molar-refractivity contribution in [2.24, 2.45) is 0 Å². The Labute approximate surface area is 115 Å². The van der Waals surface area contributed by atoms with Crippen molar-refractivity contribution in [3.05, 3.63) is 24.4 Å². The fraction of sp³-hybridized carbons (Fsp3) is 0.667. The molecule has 4 heteroatoms. The van der Waals surface area contributed by atoms with Gasteiger partial charge in [-0.2, -0.15) is 0 Å². The quantitative estimate of drug-likeness (QED) is 0.786. The molecule has 2 rings (SSSR count). The van der Waals surface area contributed by atoms with E-state index in [0.717, 1.165) is 32.5 Å². The first-order valence-electron chi connectivity index (χ1n) is 7.12. The second-order valence-electron chi connectivity index (χ2n) is 5.87. The molecule has 1 fully saturated rings. The number of amides is 1. The molecule has 0 radical (unpaired) electrons. The van der Waals surface area contributed by atoms with E-state index in [9.17, 15) is 4.79 Å². The molecule has 2 aliphatic heterocycles. The summed E-state index contributed by atoms with van der Waals surface area (Å²) in [6.07, 6.45) is 11.4. The number of allylic oxidation sites excluding steroid dienone is 2. The van der Waals surface area contributed by atoms with E-state index < -0.39 is 5.60 Å². The zero-order valence-electron chi connectivity index (χ0n) is 12.0. The van der Waals surface area contributed by atoms with Crippen LogP contribution in [-0.2, 0) is 4.74 Å². The van der Waals surface area contributed by atoms with Gasteiger partial charge < -0.3 is 14.5 Å². The van der Waals surface area contributed by atoms with Crippen LogP contribution in [0.15, 0.2) is 24.4 Å². The molecule has 1 saturated heterocycles. The third-order valence-corrected chi connectivity index (χ3v) is 3.45. The lowest BCUT2D eigenvalue weighted by Crippen LogP contribution is -2.45. The van der Waals surface area contributed by atoms with Crippen molar-refractivity contribution in [1.29, 1.82) is 0 Å². The summed E-state index contributed by atoms with van der Waals surface area (Å²) in [7, 11) is 0. The summed E-state index contributed by atoms with van der Waals surface area (Å²) in [5, 5.41) is 0. The molecule has 106 valence electrons. The summed E-state index contributed by atoms with van der Waals surface area (Å²) in [6, 6.07) is 0. The van der Waals surface area contributed by atoms with Gasteiger partial charge in [0.15, 0.2) is 0 Å². The van der Waals surface area contributed by atoms with Gasteiger partial charge in [-0.1, -0.05) is 12.2 Å². The van der Waals surface area contributed by atoms with Gasteiger partial charge in [0.2, 0.25) is 0 Å². The van der Waals surface area contributed by atoms with Gasteiger partial charge in [-0.05, 0) is 45.4 Å². The summed E-state index contributed by atoms with van der Waals surface area (Å²) in [5.41, 5.74) is -0.468. The molecule has 2 aliphatic rings. The van der Waals surface area contributed by atoms with Crippen LogP contribution in [0.4, 0.5) is 4.79 Å². The van der Waals surface area contributed by atoms with Crippen LogP contribution in [0.25, 0.3) is 0 Å². The lowest BCUT2D eigenvalue weighted by Gasteiger charge is -2.35. The molecule has 0 aromatic carbocycles. The molecule has 0 atom stereocenters. The van der Waals surface area contributed by atoms with Crippen LogP contribution in [0.3, 0.4) is 0 Å². The monoisotopic (exact) mass is 264 g/mol. The maximum Gasteiger partial charge on any atom is 0.410 e. The average molecular weight is 264 g/mol. The molecule has 0 N–H and O–H groups in total. The van der Waals surface area contributed by atoms with E-state index in [2.05, 4.69) is 11.0 Å². The number of likely N-dealkylation sites (tertiary alicyclic amines) is 1. The van der Waals surface area contributed by atoms with Crippen LogP contribution in [-0.4, -0.2) is 47.7 Å². The Morgan fingerprint density at radius 3 is 2.58 bits per heavy atom. The van der Waals surface area contributed by atoms with E-state index in [1.54, 1.807) is 0 Å². The first-order chi connectivity index (χ1) is 9.07. The third-order valence-electron chi connectivity index (χ3n) is 3.45. The fourth-order valence-corrected chi connectivity index (χ4v) is 2.52. The lowest BCUT2D eigenvalue weighted by atomic mass is 10.1. The number of piperidine rings is 1. The van der Waals surface area contributed by atoms with Gasteiger partial charge in [-0.25, -0.2) is 4.79 Å². The molecule has 1 amide bonds. The molecule has 0 spiro atoms. The maximum absolute atomic E-state index is 12.1. The predicted molar refractivity (Wildman–Crippen MR) is 75.8 cm³/mol. The summed E-state index contributed by atoms with van der Waals surface area (Å²) >= 11 is 0. The Morgan fingerprint density at radius 2 is 1.95 bits per heavy atom. The second kappa shape index (κ2) is 6.13. The van der Waals surface area contributed by atoms with Gasteiger partial charge >= 0.3 is 6.09 Å². The Balaban J connectivity index is 1.83. The van der Waals surface area contributed by atoms with E-state index >= 15 is 0 Å². The zero-order chi connectivity index (χ0) is 13.7. The van der Waals surface area contributed by atoms with E-state index in [0.29, 0.717) is 6.54 Å². The zero-order valence-corrected chi connectivity index (χ0v) is 12.0. The number of hydrogen-bond acceptors (Lipinski definition) is 3. The molecule has 0 aromatic rings. The molecule has 0 aliphatic carbocycles. The van der Waals surface area contributed by atoms with Gasteiger partial charge in [0.05, 0.1) is 6.54 Å². The number of carbonyl (C=O) groups is 1. The molecule has 0 saturated carbocycles. The number of carbonyl (C=O) groups excluding carboxylic acids is 1. The van der Waals surface area contributed by atoms with Crippen molar-refractivity contribution < 1.29 is 9.53 Å². The molecule has 0 aromatic heterocycles. The smallest absolute Gasteiger partial charge is 0.410 e. The lowest BCUT2D eigenvalue weighted by molar-refractivity contribution is -0.00225. The van der Waals surface area contributed by atoms with Gasteiger partial charge in [-0.15, -0.1) is 0 Å². The summed E-state index contributed by atoms with van der Waals surface area (Å²) in [5.74, 6) is 0. The molecular weight excluding hydrogens is 240 g/mol. The van der Waals surface area contributed by atoms with E-state index in [4.69, 9.17) is 4.74 Å². The Bertz CT molecular complexity index is 368. The van der Waals surface area contributed by atoms with Crippen LogP contribution in [0.5, 0.6) is 0 Å². The highest BCUT2D eigenvalue weighted by atomic mass is 16.6. The number of nitrogens with zero attached hydrogens (tertiary/aromatic N) is 2. The van der Waals surface area contributed by atoms with Crippen molar-refractivity contribution in [3.63, 3.8) is 0 Å². The van der Waals surface area contributed by atoms with Crippen molar-refractivity contribution in [3.8, 4) is 0 Å². The van der Waals surface area contributed by atoms with Crippen LogP contribution < -0.4 is 0 Å². The number of ether oxygens (including phenoxy) is 1. The first-order valence-corrected chi connectivity index (χ1v) is 7.12. The summed E-state index contributed by atoms with van der Waals surface area (Å²) in [4.78, 5) is 16.1. The third kappa shape index (κ3) is 4.30. The molecule has 0 unspecified atom stereocenters. The Hall–Kier alpha value is -1.45. The second-order valence-corrected chi connectivity index (χ2v) is 5.87. The SMILES string of the molecule is CC(C)(CN1C=CC=CC1)OC(=O)N1CCCCC1. The topological polar surface area (TPSA) is 32.8 Å². The normalized spacial score (nSPS) is 19.7. The van der Waals surface area contributed by atoms with Gasteiger partial charge in [0.1, 0.15) is 5.60 Å². The minimum absolute atomic E-state index is 0.166. The number of rotatable bonds is 3. The summed E-state index contributed by atoms with van der Waals surface area (Å²) < 4.78 is 5.67. The van der Waals surface area contributed by atoms with E-state index in [-0.39, 0.29) is 6.09 Å². The largest absolute Gasteiger partial charge is 0.442 e. The minimum atomic E-state index is -0.468.